The van der Waals surface area contributed by atoms with Crippen LogP contribution in [0.4, 0.5) is 4.39 Å². The molecule has 0 aliphatic rings. The van der Waals surface area contributed by atoms with Gasteiger partial charge in [0.2, 0.25) is 0 Å². The first-order valence-corrected chi connectivity index (χ1v) is 6.05. The summed E-state index contributed by atoms with van der Waals surface area (Å²) in [5, 5.41) is 0.496. The first-order chi connectivity index (χ1) is 9.56. The molecule has 0 saturated carbocycles. The van der Waals surface area contributed by atoms with Crippen molar-refractivity contribution < 1.29 is 8.81 Å². The number of hydrogen-bond acceptors (Lipinski definition) is 3. The quantitative estimate of drug-likeness (QED) is 0.693. The fourth-order valence-electron chi connectivity index (χ4n) is 1.94. The summed E-state index contributed by atoms with van der Waals surface area (Å²) >= 11 is 5.83. The number of nitrogens with zero attached hydrogens (tertiary/aromatic N) is 1. The van der Waals surface area contributed by atoms with Gasteiger partial charge in [0.1, 0.15) is 11.4 Å². The van der Waals surface area contributed by atoms with Crippen molar-refractivity contribution in [2.75, 3.05) is 0 Å². The largest absolute Gasteiger partial charge is 0.426 e. The van der Waals surface area contributed by atoms with Gasteiger partial charge in [0.15, 0.2) is 0 Å². The molecule has 20 heavy (non-hydrogen) atoms. The van der Waals surface area contributed by atoms with Gasteiger partial charge in [0.05, 0.1) is 11.1 Å². The second-order valence-corrected chi connectivity index (χ2v) is 4.57. The van der Waals surface area contributed by atoms with E-state index in [4.69, 9.17) is 16.0 Å². The molecule has 2 aromatic carbocycles. The van der Waals surface area contributed by atoms with Crippen LogP contribution in [0.2, 0.25) is 5.02 Å². The molecule has 1 aromatic heterocycles. The molecule has 0 fully saturated rings. The molecule has 0 bridgehead atoms. The van der Waals surface area contributed by atoms with Gasteiger partial charge in [-0.15, -0.1) is 0 Å². The van der Waals surface area contributed by atoms with Crippen LogP contribution >= 0.6 is 11.6 Å². The van der Waals surface area contributed by atoms with Crippen LogP contribution in [0, 0.1) is 5.82 Å². The van der Waals surface area contributed by atoms with Gasteiger partial charge in [-0.2, -0.15) is 0 Å². The Morgan fingerprint density at radius 1 is 1.10 bits per heavy atom. The Morgan fingerprint density at radius 3 is 2.65 bits per heavy atom. The highest BCUT2D eigenvalue weighted by molar-refractivity contribution is 6.31. The summed E-state index contributed by atoms with van der Waals surface area (Å²) in [4.78, 5) is 24.2. The Morgan fingerprint density at radius 2 is 1.90 bits per heavy atom. The van der Waals surface area contributed by atoms with Crippen molar-refractivity contribution in [2.24, 2.45) is 0 Å². The molecule has 0 atom stereocenters. The molecule has 6 heteroatoms. The van der Waals surface area contributed by atoms with Gasteiger partial charge in [-0.05, 0) is 36.4 Å². The number of rotatable bonds is 1. The molecule has 4 nitrogen and oxygen atoms in total. The molecule has 0 N–H and O–H groups in total. The first-order valence-electron chi connectivity index (χ1n) is 5.67. The smallest absolute Gasteiger partial charge is 0.409 e. The summed E-state index contributed by atoms with van der Waals surface area (Å²) in [5.74, 6) is -1.43. The molecule has 0 amide bonds. The van der Waals surface area contributed by atoms with E-state index in [9.17, 15) is 14.0 Å². The molecular weight excluding hydrogens is 285 g/mol. The van der Waals surface area contributed by atoms with Crippen LogP contribution in [0.1, 0.15) is 0 Å². The van der Waals surface area contributed by atoms with E-state index in [1.54, 1.807) is 0 Å². The van der Waals surface area contributed by atoms with Gasteiger partial charge < -0.3 is 4.42 Å². The number of fused-ring (bicyclic) bond motifs is 1. The molecule has 0 radical (unpaired) electrons. The van der Waals surface area contributed by atoms with Crippen LogP contribution in [0.3, 0.4) is 0 Å². The van der Waals surface area contributed by atoms with Gasteiger partial charge in [-0.3, -0.25) is 4.79 Å². The van der Waals surface area contributed by atoms with Crippen molar-refractivity contribution in [1.29, 1.82) is 0 Å². The van der Waals surface area contributed by atoms with Gasteiger partial charge in [-0.25, -0.2) is 13.8 Å². The Kier molecular flexibility index (Phi) is 2.91. The zero-order valence-electron chi connectivity index (χ0n) is 9.97. The molecule has 3 rings (SSSR count). The Hall–Kier alpha value is -2.40. The monoisotopic (exact) mass is 291 g/mol. The highest BCUT2D eigenvalue weighted by Gasteiger charge is 2.12. The summed E-state index contributed by atoms with van der Waals surface area (Å²) in [6, 6.07) is 9.49. The molecule has 0 spiro atoms. The minimum Gasteiger partial charge on any atom is -0.409 e. The van der Waals surface area contributed by atoms with Crippen molar-refractivity contribution in [1.82, 2.24) is 4.57 Å². The van der Waals surface area contributed by atoms with E-state index in [1.165, 1.54) is 36.4 Å². The van der Waals surface area contributed by atoms with Gasteiger partial charge >= 0.3 is 5.76 Å². The van der Waals surface area contributed by atoms with Gasteiger partial charge in [0, 0.05) is 5.02 Å². The van der Waals surface area contributed by atoms with Crippen LogP contribution in [0.5, 0.6) is 0 Å². The summed E-state index contributed by atoms with van der Waals surface area (Å²) in [5.41, 5.74) is -0.368. The predicted molar refractivity (Wildman–Crippen MR) is 73.0 cm³/mol. The Labute approximate surface area is 116 Å². The topological polar surface area (TPSA) is 52.2 Å². The zero-order valence-corrected chi connectivity index (χ0v) is 10.7. The number of halogens is 2. The lowest BCUT2D eigenvalue weighted by Crippen LogP contribution is -2.30. The summed E-state index contributed by atoms with van der Waals surface area (Å²) in [7, 11) is 0. The molecule has 100 valence electrons. The predicted octanol–water partition coefficient (Wildman–Crippen LogP) is 2.74. The lowest BCUT2D eigenvalue weighted by atomic mass is 10.2. The number of hydrogen-bond donors (Lipinski definition) is 0. The standard InChI is InChI=1S/C14H7ClFNO3/c15-8-4-5-12-11(6-8)13(18)17(14(19)20-12)10-3-1-2-9(16)7-10/h1-7H. The summed E-state index contributed by atoms with van der Waals surface area (Å²) in [6.07, 6.45) is 0. The van der Waals surface area contributed by atoms with E-state index in [0.29, 0.717) is 5.02 Å². The highest BCUT2D eigenvalue weighted by Crippen LogP contribution is 2.16. The van der Waals surface area contributed by atoms with Crippen molar-refractivity contribution in [3.8, 4) is 5.69 Å². The molecular formula is C14H7ClFNO3. The molecule has 0 aliphatic heterocycles. The minimum atomic E-state index is -0.879. The van der Waals surface area contributed by atoms with Crippen molar-refractivity contribution in [3.05, 3.63) is 74.2 Å². The minimum absolute atomic E-state index is 0.102. The van der Waals surface area contributed by atoms with Crippen LogP contribution in [0.25, 0.3) is 16.7 Å². The van der Waals surface area contributed by atoms with Crippen LogP contribution in [-0.4, -0.2) is 4.57 Å². The van der Waals surface area contributed by atoms with Crippen LogP contribution in [0.15, 0.2) is 56.5 Å². The van der Waals surface area contributed by atoms with E-state index >= 15 is 0 Å². The van der Waals surface area contributed by atoms with Gasteiger partial charge in [0.25, 0.3) is 5.56 Å². The second kappa shape index (κ2) is 4.61. The van der Waals surface area contributed by atoms with E-state index in [-0.39, 0.29) is 16.7 Å². The fourth-order valence-corrected chi connectivity index (χ4v) is 2.11. The maximum atomic E-state index is 13.2. The van der Waals surface area contributed by atoms with Crippen molar-refractivity contribution in [3.63, 3.8) is 0 Å². The fraction of sp³-hybridized carbons (Fsp3) is 0. The van der Waals surface area contributed by atoms with E-state index in [1.807, 2.05) is 0 Å². The molecule has 0 unspecified atom stereocenters. The third-order valence-corrected chi connectivity index (χ3v) is 3.06. The van der Waals surface area contributed by atoms with E-state index < -0.39 is 17.1 Å². The average Bonchev–Trinajstić information content (AvgIpc) is 2.40. The molecule has 0 aliphatic carbocycles. The lowest BCUT2D eigenvalue weighted by molar-refractivity contribution is 0.503. The SMILES string of the molecule is O=c1oc2ccc(Cl)cc2c(=O)n1-c1cccc(F)c1. The summed E-state index contributed by atoms with van der Waals surface area (Å²) in [6.45, 7) is 0. The third-order valence-electron chi connectivity index (χ3n) is 2.82. The van der Waals surface area contributed by atoms with E-state index in [2.05, 4.69) is 0 Å². The highest BCUT2D eigenvalue weighted by atomic mass is 35.5. The normalized spacial score (nSPS) is 10.9. The number of aromatic nitrogens is 1. The third kappa shape index (κ3) is 2.02. The van der Waals surface area contributed by atoms with Gasteiger partial charge in [-0.1, -0.05) is 17.7 Å². The Bertz CT molecular complexity index is 930. The zero-order chi connectivity index (χ0) is 14.3. The average molecular weight is 292 g/mol. The maximum Gasteiger partial charge on any atom is 0.426 e. The number of benzene rings is 2. The van der Waals surface area contributed by atoms with Crippen LogP contribution in [-0.2, 0) is 0 Å². The van der Waals surface area contributed by atoms with E-state index in [0.717, 1.165) is 10.6 Å². The molecule has 1 heterocycles. The second-order valence-electron chi connectivity index (χ2n) is 4.13. The maximum absolute atomic E-state index is 13.2. The molecule has 0 saturated heterocycles. The van der Waals surface area contributed by atoms with Crippen molar-refractivity contribution >= 4 is 22.6 Å². The lowest BCUT2D eigenvalue weighted by Gasteiger charge is -2.05. The van der Waals surface area contributed by atoms with Crippen molar-refractivity contribution in [2.45, 2.75) is 0 Å². The van der Waals surface area contributed by atoms with Crippen LogP contribution < -0.4 is 11.3 Å². The summed E-state index contributed by atoms with van der Waals surface area (Å²) < 4.78 is 19.0. The Balaban J connectivity index is 2.42. The molecule has 3 aromatic rings. The first kappa shape index (κ1) is 12.6.